The summed E-state index contributed by atoms with van der Waals surface area (Å²) in [4.78, 5) is 0. The molecule has 0 bridgehead atoms. The molecule has 0 N–H and O–H groups in total. The van der Waals surface area contributed by atoms with Gasteiger partial charge >= 0.3 is 0 Å². The summed E-state index contributed by atoms with van der Waals surface area (Å²) in [5, 5.41) is 11.4. The van der Waals surface area contributed by atoms with E-state index in [1.54, 1.807) is 0 Å². The number of nitrogens with zero attached hydrogens (tertiary/aromatic N) is 2. The molecule has 2 heteroatoms. The average molecular weight is 661 g/mol. The molecule has 2 aromatic heterocycles. The first-order chi connectivity index (χ1) is 25.8. The fourth-order valence-corrected chi connectivity index (χ4v) is 8.45. The highest BCUT2D eigenvalue weighted by Gasteiger charge is 2.17. The molecule has 0 amide bonds. The van der Waals surface area contributed by atoms with Gasteiger partial charge in [0.15, 0.2) is 0 Å². The third-order valence-electron chi connectivity index (χ3n) is 10.9. The Hall–Kier alpha value is -6.90. The number of benzene rings is 9. The molecule has 0 aliphatic heterocycles. The van der Waals surface area contributed by atoms with Crippen molar-refractivity contribution < 1.29 is 0 Å². The van der Waals surface area contributed by atoms with Crippen molar-refractivity contribution in [2.45, 2.75) is 0 Å². The zero-order valence-corrected chi connectivity index (χ0v) is 28.4. The van der Waals surface area contributed by atoms with Crippen LogP contribution in [0.3, 0.4) is 0 Å². The lowest BCUT2D eigenvalue weighted by molar-refractivity contribution is 1.13. The summed E-state index contributed by atoms with van der Waals surface area (Å²) < 4.78 is 4.73. The Kier molecular flexibility index (Phi) is 6.28. The standard InChI is InChI=1S/C50H32N2/c1-3-11-33(12-4-1)35-21-25-48-46(29-35)47-30-36(37-20-19-34-27-28-51(50(34)31-37)38-13-5-2-6-14-38)22-26-49(47)52(48)39-23-24-44-42-17-8-7-15-40(42)41-16-9-10-18-43(41)45(44)32-39/h1-32H. The molecule has 9 aromatic carbocycles. The third-order valence-corrected chi connectivity index (χ3v) is 10.9. The van der Waals surface area contributed by atoms with Crippen LogP contribution >= 0.6 is 0 Å². The van der Waals surface area contributed by atoms with Crippen molar-refractivity contribution in [2.24, 2.45) is 0 Å². The molecule has 11 aromatic rings. The van der Waals surface area contributed by atoms with Crippen LogP contribution in [-0.2, 0) is 0 Å². The monoisotopic (exact) mass is 660 g/mol. The molecular weight excluding hydrogens is 629 g/mol. The van der Waals surface area contributed by atoms with E-state index in [0.717, 1.165) is 11.4 Å². The van der Waals surface area contributed by atoms with Gasteiger partial charge < -0.3 is 9.13 Å². The second-order valence-corrected chi connectivity index (χ2v) is 13.8. The molecule has 0 atom stereocenters. The van der Waals surface area contributed by atoms with Gasteiger partial charge in [0.05, 0.1) is 16.6 Å². The van der Waals surface area contributed by atoms with Gasteiger partial charge in [0.2, 0.25) is 0 Å². The zero-order valence-electron chi connectivity index (χ0n) is 28.4. The Morgan fingerprint density at radius 1 is 0.269 bits per heavy atom. The van der Waals surface area contributed by atoms with Gasteiger partial charge in [0, 0.05) is 28.3 Å². The van der Waals surface area contributed by atoms with Crippen LogP contribution in [0.4, 0.5) is 0 Å². The van der Waals surface area contributed by atoms with E-state index in [4.69, 9.17) is 0 Å². The first kappa shape index (κ1) is 28.9. The van der Waals surface area contributed by atoms with E-state index in [-0.39, 0.29) is 0 Å². The fourth-order valence-electron chi connectivity index (χ4n) is 8.45. The SMILES string of the molecule is c1ccc(-c2ccc3c(c2)c2cc(-c4ccc5ccn(-c6ccccc6)c5c4)ccc2n3-c2ccc3c4ccccc4c4ccccc4c3c2)cc1. The van der Waals surface area contributed by atoms with E-state index >= 15 is 0 Å². The maximum atomic E-state index is 2.45. The van der Waals surface area contributed by atoms with E-state index in [2.05, 4.69) is 203 Å². The number of hydrogen-bond acceptors (Lipinski definition) is 0. The van der Waals surface area contributed by atoms with Crippen molar-refractivity contribution in [3.63, 3.8) is 0 Å². The summed E-state index contributed by atoms with van der Waals surface area (Å²) in [5.74, 6) is 0. The van der Waals surface area contributed by atoms with Crippen LogP contribution < -0.4 is 0 Å². The summed E-state index contributed by atoms with van der Waals surface area (Å²) in [6.45, 7) is 0. The van der Waals surface area contributed by atoms with Gasteiger partial charge in [-0.3, -0.25) is 0 Å². The molecule has 242 valence electrons. The van der Waals surface area contributed by atoms with Gasteiger partial charge in [0.1, 0.15) is 0 Å². The number of hydrogen-bond donors (Lipinski definition) is 0. The molecular formula is C50H32N2. The van der Waals surface area contributed by atoms with Gasteiger partial charge in [-0.2, -0.15) is 0 Å². The molecule has 0 saturated carbocycles. The molecule has 0 fully saturated rings. The third kappa shape index (κ3) is 4.38. The first-order valence-corrected chi connectivity index (χ1v) is 17.9. The largest absolute Gasteiger partial charge is 0.317 e. The minimum atomic E-state index is 1.16. The highest BCUT2D eigenvalue weighted by atomic mass is 15.0. The Labute approximate surface area is 301 Å². The molecule has 0 aliphatic carbocycles. The average Bonchev–Trinajstić information content (AvgIpc) is 3.80. The molecule has 0 radical (unpaired) electrons. The molecule has 0 saturated heterocycles. The molecule has 52 heavy (non-hydrogen) atoms. The van der Waals surface area contributed by atoms with Gasteiger partial charge in [-0.25, -0.2) is 0 Å². The summed E-state index contributed by atoms with van der Waals surface area (Å²) in [7, 11) is 0. The Bertz CT molecular complexity index is 3130. The minimum absolute atomic E-state index is 1.16. The van der Waals surface area contributed by atoms with E-state index in [0.29, 0.717) is 0 Å². The molecule has 0 spiro atoms. The molecule has 0 unspecified atom stereocenters. The maximum Gasteiger partial charge on any atom is 0.0541 e. The lowest BCUT2D eigenvalue weighted by Gasteiger charge is -2.14. The smallest absolute Gasteiger partial charge is 0.0541 e. The Morgan fingerprint density at radius 2 is 0.788 bits per heavy atom. The van der Waals surface area contributed by atoms with Gasteiger partial charge in [0.25, 0.3) is 0 Å². The van der Waals surface area contributed by atoms with Crippen molar-refractivity contribution >= 4 is 65.0 Å². The van der Waals surface area contributed by atoms with Gasteiger partial charge in [-0.05, 0) is 121 Å². The van der Waals surface area contributed by atoms with Crippen molar-refractivity contribution in [1.82, 2.24) is 9.13 Å². The van der Waals surface area contributed by atoms with Crippen molar-refractivity contribution in [2.75, 3.05) is 0 Å². The number of aromatic nitrogens is 2. The van der Waals surface area contributed by atoms with E-state index in [1.807, 2.05) is 0 Å². The highest BCUT2D eigenvalue weighted by molar-refractivity contribution is 6.25. The summed E-state index contributed by atoms with van der Waals surface area (Å²) in [6, 6.07) is 68.9. The second-order valence-electron chi connectivity index (χ2n) is 13.8. The Balaban J connectivity index is 1.16. The summed E-state index contributed by atoms with van der Waals surface area (Å²) >= 11 is 0. The second kappa shape index (κ2) is 11.3. The van der Waals surface area contributed by atoms with Crippen LogP contribution in [0.15, 0.2) is 194 Å². The van der Waals surface area contributed by atoms with Crippen LogP contribution in [0, 0.1) is 0 Å². The van der Waals surface area contributed by atoms with Gasteiger partial charge in [-0.1, -0.05) is 127 Å². The predicted molar refractivity (Wildman–Crippen MR) is 221 cm³/mol. The quantitative estimate of drug-likeness (QED) is 0.166. The first-order valence-electron chi connectivity index (χ1n) is 17.9. The van der Waals surface area contributed by atoms with Crippen molar-refractivity contribution in [1.29, 1.82) is 0 Å². The summed E-state index contributed by atoms with van der Waals surface area (Å²) in [6.07, 6.45) is 2.17. The van der Waals surface area contributed by atoms with Crippen LogP contribution in [0.5, 0.6) is 0 Å². The predicted octanol–water partition coefficient (Wildman–Crippen LogP) is 13.5. The normalized spacial score (nSPS) is 11.8. The number of rotatable bonds is 4. The topological polar surface area (TPSA) is 9.86 Å². The zero-order chi connectivity index (χ0) is 34.2. The van der Waals surface area contributed by atoms with Gasteiger partial charge in [-0.15, -0.1) is 0 Å². The molecule has 0 aliphatic rings. The minimum Gasteiger partial charge on any atom is -0.317 e. The lowest BCUT2D eigenvalue weighted by atomic mass is 9.94. The Morgan fingerprint density at radius 3 is 1.44 bits per heavy atom. The van der Waals surface area contributed by atoms with Crippen LogP contribution in [0.25, 0.3) is 98.7 Å². The molecule has 11 rings (SSSR count). The van der Waals surface area contributed by atoms with Crippen LogP contribution in [0.2, 0.25) is 0 Å². The number of fused-ring (bicyclic) bond motifs is 10. The van der Waals surface area contributed by atoms with Crippen LogP contribution in [0.1, 0.15) is 0 Å². The lowest BCUT2D eigenvalue weighted by Crippen LogP contribution is -1.95. The molecule has 2 heterocycles. The van der Waals surface area contributed by atoms with E-state index < -0.39 is 0 Å². The van der Waals surface area contributed by atoms with E-state index in [1.165, 1.54) is 87.3 Å². The van der Waals surface area contributed by atoms with Crippen molar-refractivity contribution in [3.8, 4) is 33.6 Å². The van der Waals surface area contributed by atoms with E-state index in [9.17, 15) is 0 Å². The summed E-state index contributed by atoms with van der Waals surface area (Å²) in [5.41, 5.74) is 10.8. The number of para-hydroxylation sites is 1. The highest BCUT2D eigenvalue weighted by Crippen LogP contribution is 2.40. The fraction of sp³-hybridized carbons (Fsp3) is 0. The maximum absolute atomic E-state index is 2.45. The van der Waals surface area contributed by atoms with Crippen molar-refractivity contribution in [3.05, 3.63) is 194 Å². The molecule has 2 nitrogen and oxygen atoms in total. The van der Waals surface area contributed by atoms with Crippen LogP contribution in [-0.4, -0.2) is 9.13 Å².